The van der Waals surface area contributed by atoms with E-state index in [1.54, 1.807) is 0 Å². The Kier molecular flexibility index (Phi) is 5.19. The molecule has 0 atom stereocenters. The van der Waals surface area contributed by atoms with Crippen molar-refractivity contribution in [2.75, 3.05) is 19.0 Å². The lowest BCUT2D eigenvalue weighted by Crippen LogP contribution is -2.15. The van der Waals surface area contributed by atoms with Crippen molar-refractivity contribution in [3.8, 4) is 0 Å². The molecule has 21 heavy (non-hydrogen) atoms. The first-order valence-electron chi connectivity index (χ1n) is 6.91. The van der Waals surface area contributed by atoms with Gasteiger partial charge in [-0.25, -0.2) is 8.42 Å². The molecule has 0 saturated heterocycles. The zero-order valence-electron chi connectivity index (χ0n) is 11.7. The van der Waals surface area contributed by atoms with Crippen LogP contribution in [0, 0.1) is 5.92 Å². The van der Waals surface area contributed by atoms with Crippen molar-refractivity contribution in [1.29, 1.82) is 0 Å². The van der Waals surface area contributed by atoms with E-state index in [4.69, 9.17) is 15.7 Å². The molecule has 0 bridgehead atoms. The fourth-order valence-electron chi connectivity index (χ4n) is 1.94. The van der Waals surface area contributed by atoms with E-state index < -0.39 is 9.84 Å². The first kappa shape index (κ1) is 15.8. The van der Waals surface area contributed by atoms with E-state index in [1.807, 2.05) is 0 Å². The number of amidine groups is 1. The normalized spacial score (nSPS) is 16.1. The van der Waals surface area contributed by atoms with Crippen LogP contribution < -0.4 is 5.73 Å². The second-order valence-electron chi connectivity index (χ2n) is 5.17. The molecule has 0 aromatic heterocycles. The quantitative estimate of drug-likeness (QED) is 0.248. The molecule has 2 rings (SSSR count). The van der Waals surface area contributed by atoms with E-state index in [0.717, 1.165) is 12.3 Å². The van der Waals surface area contributed by atoms with Crippen molar-refractivity contribution in [1.82, 2.24) is 0 Å². The number of hydrogen-bond donors (Lipinski definition) is 2. The lowest BCUT2D eigenvalue weighted by Gasteiger charge is -2.06. The van der Waals surface area contributed by atoms with E-state index in [9.17, 15) is 8.42 Å². The third kappa shape index (κ3) is 4.71. The Morgan fingerprint density at radius 1 is 1.29 bits per heavy atom. The Bertz CT molecular complexity index is 592. The third-order valence-corrected chi connectivity index (χ3v) is 5.18. The maximum Gasteiger partial charge on any atom is 0.180 e. The average molecular weight is 312 g/mol. The summed E-state index contributed by atoms with van der Waals surface area (Å²) in [5.41, 5.74) is 5.90. The van der Waals surface area contributed by atoms with Gasteiger partial charge in [-0.3, -0.25) is 0 Å². The summed E-state index contributed by atoms with van der Waals surface area (Å²) in [4.78, 5) is 0.211. The van der Waals surface area contributed by atoms with Crippen molar-refractivity contribution in [3.63, 3.8) is 0 Å². The topological polar surface area (TPSA) is 102 Å². The van der Waals surface area contributed by atoms with Gasteiger partial charge in [0.25, 0.3) is 0 Å². The second kappa shape index (κ2) is 6.91. The van der Waals surface area contributed by atoms with Gasteiger partial charge in [-0.05, 0) is 36.6 Å². The Morgan fingerprint density at radius 2 is 1.95 bits per heavy atom. The molecule has 7 heteroatoms. The molecule has 0 radical (unpaired) electrons. The molecule has 1 fully saturated rings. The summed E-state index contributed by atoms with van der Waals surface area (Å²) in [6, 6.07) is 5.92. The number of nitrogens with two attached hydrogens (primary N) is 1. The van der Waals surface area contributed by atoms with Gasteiger partial charge in [0.05, 0.1) is 17.3 Å². The molecule has 1 aromatic rings. The molecule has 1 aromatic carbocycles. The summed E-state index contributed by atoms with van der Waals surface area (Å²) >= 11 is 0. The van der Waals surface area contributed by atoms with Gasteiger partial charge in [0, 0.05) is 12.2 Å². The highest BCUT2D eigenvalue weighted by atomic mass is 32.2. The van der Waals surface area contributed by atoms with Crippen molar-refractivity contribution < 1.29 is 18.4 Å². The van der Waals surface area contributed by atoms with Gasteiger partial charge in [-0.1, -0.05) is 18.0 Å². The molecule has 0 spiro atoms. The summed E-state index contributed by atoms with van der Waals surface area (Å²) in [5, 5.41) is 11.4. The van der Waals surface area contributed by atoms with E-state index in [-0.39, 0.29) is 23.1 Å². The smallest absolute Gasteiger partial charge is 0.180 e. The maximum absolute atomic E-state index is 12.1. The van der Waals surface area contributed by atoms with E-state index >= 15 is 0 Å². The van der Waals surface area contributed by atoms with Crippen molar-refractivity contribution in [3.05, 3.63) is 29.8 Å². The van der Waals surface area contributed by atoms with Crippen LogP contribution in [0.5, 0.6) is 0 Å². The highest BCUT2D eigenvalue weighted by molar-refractivity contribution is 7.91. The summed E-state index contributed by atoms with van der Waals surface area (Å²) < 4.78 is 29.6. The monoisotopic (exact) mass is 312 g/mol. The van der Waals surface area contributed by atoms with Crippen LogP contribution in [-0.2, 0) is 14.6 Å². The second-order valence-corrected chi connectivity index (χ2v) is 7.28. The van der Waals surface area contributed by atoms with Crippen LogP contribution in [0.4, 0.5) is 0 Å². The van der Waals surface area contributed by atoms with Gasteiger partial charge in [-0.15, -0.1) is 0 Å². The summed E-state index contributed by atoms with van der Waals surface area (Å²) in [7, 11) is -3.36. The Morgan fingerprint density at radius 3 is 2.52 bits per heavy atom. The van der Waals surface area contributed by atoms with Crippen LogP contribution in [0.25, 0.3) is 0 Å². The summed E-state index contributed by atoms with van der Waals surface area (Å²) in [6.07, 6.45) is 3.57. The molecule has 0 amide bonds. The number of ether oxygens (including phenoxy) is 1. The largest absolute Gasteiger partial charge is 0.409 e. The van der Waals surface area contributed by atoms with Crippen LogP contribution in [0.15, 0.2) is 34.3 Å². The Labute approximate surface area is 124 Å². The molecule has 3 N–H and O–H groups in total. The number of nitrogens with zero attached hydrogens (tertiary/aromatic N) is 1. The van der Waals surface area contributed by atoms with Gasteiger partial charge >= 0.3 is 0 Å². The maximum atomic E-state index is 12.1. The SMILES string of the molecule is N/C(=N/O)c1ccc(S(=O)(=O)CCOCCC2CC2)cc1. The van der Waals surface area contributed by atoms with Gasteiger partial charge < -0.3 is 15.7 Å². The molecule has 1 aliphatic carbocycles. The third-order valence-electron chi connectivity index (χ3n) is 3.48. The van der Waals surface area contributed by atoms with Gasteiger partial charge in [0.15, 0.2) is 15.7 Å². The lowest BCUT2D eigenvalue weighted by molar-refractivity contribution is 0.142. The Balaban J connectivity index is 1.85. The molecular weight excluding hydrogens is 292 g/mol. The number of sulfone groups is 1. The van der Waals surface area contributed by atoms with Crippen LogP contribution in [-0.4, -0.2) is 38.4 Å². The average Bonchev–Trinajstić information content (AvgIpc) is 3.30. The predicted molar refractivity (Wildman–Crippen MR) is 79.2 cm³/mol. The van der Waals surface area contributed by atoms with Gasteiger partial charge in [0.2, 0.25) is 0 Å². The van der Waals surface area contributed by atoms with Crippen LogP contribution in [0.3, 0.4) is 0 Å². The molecule has 6 nitrogen and oxygen atoms in total. The molecule has 0 heterocycles. The lowest BCUT2D eigenvalue weighted by atomic mass is 10.2. The minimum Gasteiger partial charge on any atom is -0.409 e. The van der Waals surface area contributed by atoms with Crippen LogP contribution in [0.2, 0.25) is 0 Å². The van der Waals surface area contributed by atoms with E-state index in [0.29, 0.717) is 12.2 Å². The molecule has 0 aliphatic heterocycles. The predicted octanol–water partition coefficient (Wildman–Crippen LogP) is 1.37. The number of oxime groups is 1. The summed E-state index contributed by atoms with van der Waals surface area (Å²) in [6.45, 7) is 0.833. The van der Waals surface area contributed by atoms with E-state index in [1.165, 1.54) is 37.1 Å². The fraction of sp³-hybridized carbons (Fsp3) is 0.500. The molecule has 0 unspecified atom stereocenters. The molecule has 1 saturated carbocycles. The molecule has 1 aliphatic rings. The highest BCUT2D eigenvalue weighted by Crippen LogP contribution is 2.32. The standard InChI is InChI=1S/C14H20N2O4S/c15-14(16-17)12-3-5-13(6-4-12)21(18,19)10-9-20-8-7-11-1-2-11/h3-6,11,17H,1-2,7-10H2,(H2,15,16). The number of rotatable bonds is 8. The summed E-state index contributed by atoms with van der Waals surface area (Å²) in [5.74, 6) is 0.691. The Hall–Kier alpha value is -1.60. The van der Waals surface area contributed by atoms with Crippen molar-refractivity contribution >= 4 is 15.7 Å². The first-order valence-corrected chi connectivity index (χ1v) is 8.56. The molecule has 116 valence electrons. The van der Waals surface area contributed by atoms with Crippen molar-refractivity contribution in [2.24, 2.45) is 16.8 Å². The number of benzene rings is 1. The van der Waals surface area contributed by atoms with Crippen molar-refractivity contribution in [2.45, 2.75) is 24.2 Å². The number of hydrogen-bond acceptors (Lipinski definition) is 5. The van der Waals surface area contributed by atoms with Gasteiger partial charge in [-0.2, -0.15) is 0 Å². The van der Waals surface area contributed by atoms with Crippen LogP contribution in [0.1, 0.15) is 24.8 Å². The zero-order valence-corrected chi connectivity index (χ0v) is 12.6. The van der Waals surface area contributed by atoms with Gasteiger partial charge in [0.1, 0.15) is 0 Å². The first-order chi connectivity index (χ1) is 10.0. The minimum absolute atomic E-state index is 0.0411. The van der Waals surface area contributed by atoms with E-state index in [2.05, 4.69) is 5.16 Å². The fourth-order valence-corrected chi connectivity index (χ4v) is 3.06. The highest BCUT2D eigenvalue weighted by Gasteiger charge is 2.20. The zero-order chi connectivity index (χ0) is 15.3. The van der Waals surface area contributed by atoms with Crippen LogP contribution >= 0.6 is 0 Å². The molecular formula is C14H20N2O4S. The minimum atomic E-state index is -3.36.